The first kappa shape index (κ1) is 19.1. The van der Waals surface area contributed by atoms with Crippen LogP contribution in [-0.4, -0.2) is 45.1 Å². The molecule has 2 aromatic carbocycles. The number of nitrogens with one attached hydrogen (secondary N) is 1. The van der Waals surface area contributed by atoms with Crippen LogP contribution in [0.2, 0.25) is 0 Å². The molecule has 0 atom stereocenters. The van der Waals surface area contributed by atoms with Gasteiger partial charge in [-0.15, -0.1) is 0 Å². The van der Waals surface area contributed by atoms with Gasteiger partial charge in [-0.05, 0) is 36.4 Å². The smallest absolute Gasteiger partial charge is 0.254 e. The molecule has 10 heteroatoms. The fraction of sp³-hybridized carbons (Fsp3) is 0.111. The first-order valence-corrected chi connectivity index (χ1v) is 8.00. The highest BCUT2D eigenvalue weighted by atomic mass is 19.2. The molecule has 1 heterocycles. The van der Waals surface area contributed by atoms with Gasteiger partial charge in [0, 0.05) is 12.6 Å². The number of hydrogen-bond acceptors (Lipinski definition) is 4. The van der Waals surface area contributed by atoms with Crippen LogP contribution in [0.5, 0.6) is 0 Å². The van der Waals surface area contributed by atoms with Crippen LogP contribution in [0.25, 0.3) is 5.69 Å². The minimum absolute atomic E-state index is 0.318. The van der Waals surface area contributed by atoms with Crippen molar-refractivity contribution in [2.75, 3.05) is 18.9 Å². The number of carbonyl (C=O) groups is 2. The van der Waals surface area contributed by atoms with E-state index in [0.717, 1.165) is 11.0 Å². The summed E-state index contributed by atoms with van der Waals surface area (Å²) in [4.78, 5) is 29.4. The van der Waals surface area contributed by atoms with E-state index in [0.29, 0.717) is 17.3 Å². The number of carbonyl (C=O) groups excluding carboxylic acids is 2. The number of aromatic nitrogens is 3. The van der Waals surface area contributed by atoms with Crippen molar-refractivity contribution in [3.05, 3.63) is 72.1 Å². The van der Waals surface area contributed by atoms with Gasteiger partial charge in [0.1, 0.15) is 12.7 Å². The number of likely N-dealkylation sites (N-methyl/N-ethyl adjacent to an activating group) is 1. The summed E-state index contributed by atoms with van der Waals surface area (Å²) in [5.74, 6) is -5.77. The largest absolute Gasteiger partial charge is 0.332 e. The van der Waals surface area contributed by atoms with Gasteiger partial charge < -0.3 is 10.2 Å². The average molecular weight is 389 g/mol. The number of anilines is 1. The Morgan fingerprint density at radius 3 is 2.43 bits per heavy atom. The van der Waals surface area contributed by atoms with Crippen molar-refractivity contribution in [3.63, 3.8) is 0 Å². The van der Waals surface area contributed by atoms with Gasteiger partial charge in [-0.3, -0.25) is 9.59 Å². The van der Waals surface area contributed by atoms with Crippen LogP contribution in [0.4, 0.5) is 18.9 Å². The van der Waals surface area contributed by atoms with Gasteiger partial charge in [-0.25, -0.2) is 22.8 Å². The summed E-state index contributed by atoms with van der Waals surface area (Å²) in [6.45, 7) is -0.415. The lowest BCUT2D eigenvalue weighted by atomic mass is 10.2. The molecule has 0 spiro atoms. The quantitative estimate of drug-likeness (QED) is 0.680. The summed E-state index contributed by atoms with van der Waals surface area (Å²) in [6.07, 6.45) is 2.88. The number of hydrogen-bond donors (Lipinski definition) is 1. The lowest BCUT2D eigenvalue weighted by Crippen LogP contribution is -2.35. The molecule has 28 heavy (non-hydrogen) atoms. The molecule has 0 fully saturated rings. The fourth-order valence-electron chi connectivity index (χ4n) is 2.42. The Bertz CT molecular complexity index is 1010. The highest BCUT2D eigenvalue weighted by Crippen LogP contribution is 2.19. The van der Waals surface area contributed by atoms with E-state index in [4.69, 9.17) is 0 Å². The van der Waals surface area contributed by atoms with E-state index in [1.54, 1.807) is 24.3 Å². The molecular formula is C18H14F3N5O2. The van der Waals surface area contributed by atoms with Crippen LogP contribution >= 0.6 is 0 Å². The minimum Gasteiger partial charge on any atom is -0.332 e. The van der Waals surface area contributed by atoms with E-state index < -0.39 is 41.5 Å². The molecule has 2 amide bonds. The van der Waals surface area contributed by atoms with Crippen molar-refractivity contribution in [3.8, 4) is 5.69 Å². The molecule has 1 aromatic heterocycles. The first-order chi connectivity index (χ1) is 13.4. The molecule has 0 bridgehead atoms. The monoisotopic (exact) mass is 389 g/mol. The lowest BCUT2D eigenvalue weighted by molar-refractivity contribution is -0.116. The highest BCUT2D eigenvalue weighted by Gasteiger charge is 2.18. The van der Waals surface area contributed by atoms with Crippen LogP contribution in [0.15, 0.2) is 49.1 Å². The Morgan fingerprint density at radius 2 is 1.79 bits per heavy atom. The summed E-state index contributed by atoms with van der Waals surface area (Å²) < 4.78 is 41.3. The van der Waals surface area contributed by atoms with Gasteiger partial charge >= 0.3 is 0 Å². The molecule has 0 saturated carbocycles. The molecule has 3 aromatic rings. The average Bonchev–Trinajstić information content (AvgIpc) is 3.23. The molecule has 0 radical (unpaired) electrons. The van der Waals surface area contributed by atoms with E-state index in [9.17, 15) is 22.8 Å². The summed E-state index contributed by atoms with van der Waals surface area (Å²) in [6, 6.07) is 8.03. The number of amides is 2. The number of halogens is 3. The first-order valence-electron chi connectivity index (χ1n) is 8.00. The Morgan fingerprint density at radius 1 is 1.07 bits per heavy atom. The topological polar surface area (TPSA) is 80.1 Å². The normalized spacial score (nSPS) is 10.6. The summed E-state index contributed by atoms with van der Waals surface area (Å²) in [5, 5.41) is 6.08. The molecule has 0 aliphatic rings. The second-order valence-corrected chi connectivity index (χ2v) is 5.82. The second kappa shape index (κ2) is 7.91. The van der Waals surface area contributed by atoms with Gasteiger partial charge in [-0.1, -0.05) is 0 Å². The highest BCUT2D eigenvalue weighted by molar-refractivity contribution is 5.99. The zero-order valence-corrected chi connectivity index (χ0v) is 14.6. The van der Waals surface area contributed by atoms with Crippen LogP contribution in [-0.2, 0) is 4.79 Å². The van der Waals surface area contributed by atoms with E-state index in [1.165, 1.54) is 24.4 Å². The Kier molecular flexibility index (Phi) is 5.39. The van der Waals surface area contributed by atoms with Crippen molar-refractivity contribution in [1.82, 2.24) is 19.7 Å². The van der Waals surface area contributed by atoms with Crippen LogP contribution in [0.1, 0.15) is 10.4 Å². The third-order valence-electron chi connectivity index (χ3n) is 3.83. The summed E-state index contributed by atoms with van der Waals surface area (Å²) in [7, 11) is 1.38. The lowest BCUT2D eigenvalue weighted by Gasteiger charge is -2.17. The maximum Gasteiger partial charge on any atom is 0.254 e. The van der Waals surface area contributed by atoms with E-state index in [-0.39, 0.29) is 0 Å². The SMILES string of the molecule is CN(CC(=O)Nc1ccc(F)c(F)c1F)C(=O)c1ccc(-n2cncn2)cc1. The molecule has 0 aliphatic carbocycles. The maximum atomic E-state index is 13.6. The Labute approximate surface area is 157 Å². The van der Waals surface area contributed by atoms with E-state index in [2.05, 4.69) is 15.4 Å². The van der Waals surface area contributed by atoms with Crippen LogP contribution in [0.3, 0.4) is 0 Å². The van der Waals surface area contributed by atoms with Crippen molar-refractivity contribution < 1.29 is 22.8 Å². The third kappa shape index (κ3) is 4.00. The van der Waals surface area contributed by atoms with Crippen molar-refractivity contribution in [1.29, 1.82) is 0 Å². The second-order valence-electron chi connectivity index (χ2n) is 5.82. The Hall–Kier alpha value is -3.69. The van der Waals surface area contributed by atoms with Gasteiger partial charge in [0.25, 0.3) is 5.91 Å². The molecule has 3 rings (SSSR count). The van der Waals surface area contributed by atoms with Crippen LogP contribution < -0.4 is 5.32 Å². The minimum atomic E-state index is -1.69. The van der Waals surface area contributed by atoms with Gasteiger partial charge in [0.05, 0.1) is 17.9 Å². The molecule has 0 saturated heterocycles. The molecular weight excluding hydrogens is 375 g/mol. The van der Waals surface area contributed by atoms with Crippen molar-refractivity contribution in [2.45, 2.75) is 0 Å². The number of rotatable bonds is 5. The molecule has 1 N–H and O–H groups in total. The standard InChI is InChI=1S/C18H14F3N5O2/c1-25(8-15(27)24-14-7-6-13(19)16(20)17(14)21)18(28)11-2-4-12(5-3-11)26-10-22-9-23-26/h2-7,9-10H,8H2,1H3,(H,24,27). The predicted octanol–water partition coefficient (Wildman–Crippen LogP) is 2.40. The maximum absolute atomic E-state index is 13.6. The Balaban J connectivity index is 1.64. The number of nitrogens with zero attached hydrogens (tertiary/aromatic N) is 4. The van der Waals surface area contributed by atoms with Gasteiger partial charge in [0.2, 0.25) is 5.91 Å². The van der Waals surface area contributed by atoms with Crippen LogP contribution in [0, 0.1) is 17.5 Å². The van der Waals surface area contributed by atoms with E-state index in [1.807, 2.05) is 0 Å². The summed E-state index contributed by atoms with van der Waals surface area (Å²) in [5.41, 5.74) is 0.503. The third-order valence-corrected chi connectivity index (χ3v) is 3.83. The fourth-order valence-corrected chi connectivity index (χ4v) is 2.42. The molecule has 0 aliphatic heterocycles. The summed E-state index contributed by atoms with van der Waals surface area (Å²) >= 11 is 0. The predicted molar refractivity (Wildman–Crippen MR) is 93.3 cm³/mol. The zero-order valence-electron chi connectivity index (χ0n) is 14.6. The molecule has 144 valence electrons. The van der Waals surface area contributed by atoms with Gasteiger partial charge in [0.15, 0.2) is 17.5 Å². The molecule has 7 nitrogen and oxygen atoms in total. The van der Waals surface area contributed by atoms with Gasteiger partial charge in [-0.2, -0.15) is 5.10 Å². The zero-order chi connectivity index (χ0) is 20.3. The van der Waals surface area contributed by atoms with Crippen molar-refractivity contribution in [2.24, 2.45) is 0 Å². The number of benzene rings is 2. The van der Waals surface area contributed by atoms with E-state index >= 15 is 0 Å². The molecule has 0 unspecified atom stereocenters. The van der Waals surface area contributed by atoms with Crippen molar-refractivity contribution >= 4 is 17.5 Å².